The van der Waals surface area contributed by atoms with E-state index in [0.29, 0.717) is 0 Å². The summed E-state index contributed by atoms with van der Waals surface area (Å²) in [5.74, 6) is -0.561. The van der Waals surface area contributed by atoms with Gasteiger partial charge in [-0.05, 0) is 19.4 Å². The standard InChI is InChI=1S/C22H27N6O8PS/c1-11(12-6-4-3-5-7-12)35-19(31)13-9-38-37(33,27-13)34-8-14-16(29)22(2,32)20(36-14)28-10-24-15-17(28)25-21(23)26-18(15)30/h3-7,10-11,13-14,16,20,29,32H,8-9H2,1-2H3,(H,27,33)(H3,23,25,26,30)/t11-,13?,14+,16+,20+,22+,37?/m0/s1. The first-order valence-corrected chi connectivity index (χ1v) is 14.9. The molecule has 0 spiro atoms. The van der Waals surface area contributed by atoms with Gasteiger partial charge in [-0.3, -0.25) is 23.7 Å². The van der Waals surface area contributed by atoms with Crippen molar-refractivity contribution < 1.29 is 33.6 Å². The lowest BCUT2D eigenvalue weighted by molar-refractivity contribution is -0.150. The molecule has 2 aromatic heterocycles. The topological polar surface area (TPSA) is 204 Å². The Bertz CT molecular complexity index is 1450. The molecule has 14 nitrogen and oxygen atoms in total. The number of nitrogens with two attached hydrogens (primary N) is 1. The summed E-state index contributed by atoms with van der Waals surface area (Å²) in [6.07, 6.45) is -3.03. The first-order chi connectivity index (χ1) is 18.0. The number of aromatic nitrogens is 4. The Morgan fingerprint density at radius 3 is 2.89 bits per heavy atom. The Balaban J connectivity index is 1.23. The zero-order valence-corrected chi connectivity index (χ0v) is 22.1. The summed E-state index contributed by atoms with van der Waals surface area (Å²) in [6, 6.07) is 8.37. The van der Waals surface area contributed by atoms with E-state index in [9.17, 15) is 24.4 Å². The third-order valence-corrected chi connectivity index (χ3v) is 10.5. The van der Waals surface area contributed by atoms with Gasteiger partial charge in [0, 0.05) is 5.75 Å². The van der Waals surface area contributed by atoms with Crippen molar-refractivity contribution >= 4 is 41.2 Å². The number of imidazole rings is 1. The van der Waals surface area contributed by atoms with Crippen LogP contribution in [0.5, 0.6) is 0 Å². The Morgan fingerprint density at radius 2 is 2.16 bits per heavy atom. The Hall–Kier alpha value is -2.78. The number of fused-ring (bicyclic) bond motifs is 1. The lowest BCUT2D eigenvalue weighted by Gasteiger charge is -2.27. The van der Waals surface area contributed by atoms with Crippen molar-refractivity contribution in [1.82, 2.24) is 24.6 Å². The van der Waals surface area contributed by atoms with Crippen LogP contribution in [-0.2, 0) is 23.4 Å². The first kappa shape index (κ1) is 26.8. The quantitative estimate of drug-likeness (QED) is 0.199. The monoisotopic (exact) mass is 566 g/mol. The number of carbonyl (C=O) groups excluding carboxylic acids is 1. The van der Waals surface area contributed by atoms with Crippen LogP contribution in [0, 0.1) is 0 Å². The van der Waals surface area contributed by atoms with Gasteiger partial charge in [0.15, 0.2) is 17.4 Å². The maximum absolute atomic E-state index is 13.2. The van der Waals surface area contributed by atoms with Gasteiger partial charge in [0.25, 0.3) is 5.56 Å². The van der Waals surface area contributed by atoms with Crippen molar-refractivity contribution in [1.29, 1.82) is 0 Å². The van der Waals surface area contributed by atoms with Crippen LogP contribution < -0.4 is 16.4 Å². The average molecular weight is 567 g/mol. The van der Waals surface area contributed by atoms with E-state index in [1.165, 1.54) is 17.8 Å². The molecule has 38 heavy (non-hydrogen) atoms. The molecule has 1 aromatic carbocycles. The van der Waals surface area contributed by atoms with Crippen molar-refractivity contribution in [2.75, 3.05) is 18.1 Å². The van der Waals surface area contributed by atoms with Gasteiger partial charge in [0.1, 0.15) is 30.0 Å². The SMILES string of the molecule is C[C@H](OC(=O)C1CSP(=O)(OC[C@H]2O[C@@H](n3cnc4c(=O)[nH]c(N)nc43)[C@](C)(O)[C@@H]2O)N1)c1ccccc1. The number of esters is 1. The number of rotatable bonds is 7. The van der Waals surface area contributed by atoms with Gasteiger partial charge in [0.2, 0.25) is 5.95 Å². The second-order valence-corrected chi connectivity index (χ2v) is 13.6. The number of nitrogen functional groups attached to an aromatic ring is 1. The molecule has 7 atom stereocenters. The Kier molecular flexibility index (Phi) is 7.11. The third kappa shape index (κ3) is 4.98. The van der Waals surface area contributed by atoms with Crippen LogP contribution >= 0.6 is 18.1 Å². The normalized spacial score (nSPS) is 32.0. The molecule has 0 saturated carbocycles. The number of aliphatic hydroxyl groups excluding tert-OH is 1. The largest absolute Gasteiger partial charge is 0.457 e. The van der Waals surface area contributed by atoms with Crippen LogP contribution in [0.1, 0.15) is 31.7 Å². The fraction of sp³-hybridized carbons (Fsp3) is 0.455. The summed E-state index contributed by atoms with van der Waals surface area (Å²) in [5.41, 5.74) is 4.07. The van der Waals surface area contributed by atoms with Gasteiger partial charge in [-0.15, -0.1) is 0 Å². The number of nitrogens with zero attached hydrogens (tertiary/aromatic N) is 3. The van der Waals surface area contributed by atoms with Crippen LogP contribution in [0.25, 0.3) is 11.2 Å². The molecular formula is C22H27N6O8PS. The van der Waals surface area contributed by atoms with Crippen LogP contribution in [0.4, 0.5) is 5.95 Å². The number of H-pyrrole nitrogens is 1. The molecule has 0 aliphatic carbocycles. The van der Waals surface area contributed by atoms with E-state index in [0.717, 1.165) is 16.9 Å². The molecule has 0 radical (unpaired) electrons. The van der Waals surface area contributed by atoms with E-state index >= 15 is 0 Å². The molecule has 2 fully saturated rings. The van der Waals surface area contributed by atoms with Crippen LogP contribution in [0.2, 0.25) is 0 Å². The lowest BCUT2D eigenvalue weighted by Crippen LogP contribution is -2.44. The van der Waals surface area contributed by atoms with E-state index in [-0.39, 0.29) is 29.5 Å². The lowest BCUT2D eigenvalue weighted by atomic mass is 9.96. The van der Waals surface area contributed by atoms with E-state index in [1.54, 1.807) is 6.92 Å². The number of benzene rings is 1. The summed E-state index contributed by atoms with van der Waals surface area (Å²) >= 11 is 0.937. The highest BCUT2D eigenvalue weighted by atomic mass is 32.7. The number of aromatic amines is 1. The number of hydrogen-bond donors (Lipinski definition) is 5. The van der Waals surface area contributed by atoms with E-state index < -0.39 is 54.4 Å². The number of carbonyl (C=O) groups is 1. The number of ether oxygens (including phenoxy) is 2. The molecule has 3 aromatic rings. The number of hydrogen-bond acceptors (Lipinski definition) is 12. The highest BCUT2D eigenvalue weighted by Crippen LogP contribution is 2.61. The molecule has 204 valence electrons. The molecule has 0 amide bonds. The van der Waals surface area contributed by atoms with Crippen molar-refractivity contribution in [3.8, 4) is 0 Å². The molecule has 5 rings (SSSR count). The maximum atomic E-state index is 13.2. The molecular weight excluding hydrogens is 539 g/mol. The summed E-state index contributed by atoms with van der Waals surface area (Å²) < 4.78 is 31.5. The Labute approximate surface area is 220 Å². The highest BCUT2D eigenvalue weighted by molar-refractivity contribution is 8.56. The number of anilines is 1. The second-order valence-electron chi connectivity index (χ2n) is 9.23. The minimum atomic E-state index is -3.55. The average Bonchev–Trinajstić information content (AvgIpc) is 3.54. The number of aliphatic hydroxyl groups is 2. The van der Waals surface area contributed by atoms with Crippen molar-refractivity contribution in [3.63, 3.8) is 0 Å². The van der Waals surface area contributed by atoms with Crippen molar-refractivity contribution in [2.45, 2.75) is 50.0 Å². The number of nitrogens with one attached hydrogen (secondary N) is 2. The van der Waals surface area contributed by atoms with Gasteiger partial charge >= 0.3 is 12.7 Å². The molecule has 6 N–H and O–H groups in total. The summed E-state index contributed by atoms with van der Waals surface area (Å²) in [7, 11) is 0. The maximum Gasteiger partial charge on any atom is 0.327 e. The molecule has 2 aliphatic rings. The van der Waals surface area contributed by atoms with Crippen LogP contribution in [0.15, 0.2) is 41.5 Å². The molecule has 2 unspecified atom stereocenters. The predicted molar refractivity (Wildman–Crippen MR) is 137 cm³/mol. The van der Waals surface area contributed by atoms with Gasteiger partial charge in [-0.2, -0.15) is 4.98 Å². The second kappa shape index (κ2) is 10.1. The highest BCUT2D eigenvalue weighted by Gasteiger charge is 2.54. The smallest absolute Gasteiger partial charge is 0.327 e. The molecule has 4 heterocycles. The minimum Gasteiger partial charge on any atom is -0.457 e. The summed E-state index contributed by atoms with van der Waals surface area (Å²) in [5, 5.41) is 24.5. The Morgan fingerprint density at radius 1 is 1.42 bits per heavy atom. The molecule has 16 heteroatoms. The minimum absolute atomic E-state index is 0.0247. The van der Waals surface area contributed by atoms with Crippen LogP contribution in [-0.4, -0.2) is 71.9 Å². The van der Waals surface area contributed by atoms with E-state index in [1.807, 2.05) is 30.3 Å². The van der Waals surface area contributed by atoms with Crippen molar-refractivity contribution in [3.05, 3.63) is 52.6 Å². The molecule has 2 aliphatic heterocycles. The molecule has 2 saturated heterocycles. The fourth-order valence-corrected chi connectivity index (χ4v) is 8.23. The predicted octanol–water partition coefficient (Wildman–Crippen LogP) is 0.845. The van der Waals surface area contributed by atoms with Crippen LogP contribution in [0.3, 0.4) is 0 Å². The van der Waals surface area contributed by atoms with Gasteiger partial charge in [-0.1, -0.05) is 41.7 Å². The summed E-state index contributed by atoms with van der Waals surface area (Å²) in [4.78, 5) is 35.1. The first-order valence-electron chi connectivity index (χ1n) is 11.7. The molecule has 0 bridgehead atoms. The fourth-order valence-electron chi connectivity index (χ4n) is 4.35. The zero-order chi connectivity index (χ0) is 27.2. The van der Waals surface area contributed by atoms with E-state index in [2.05, 4.69) is 20.0 Å². The zero-order valence-electron chi connectivity index (χ0n) is 20.4. The summed E-state index contributed by atoms with van der Waals surface area (Å²) in [6.45, 7) is -0.825. The van der Waals surface area contributed by atoms with Gasteiger partial charge in [-0.25, -0.2) is 10.1 Å². The van der Waals surface area contributed by atoms with Crippen molar-refractivity contribution in [2.24, 2.45) is 0 Å². The van der Waals surface area contributed by atoms with E-state index in [4.69, 9.17) is 19.7 Å². The third-order valence-electron chi connectivity index (χ3n) is 6.44. The van der Waals surface area contributed by atoms with Gasteiger partial charge < -0.3 is 29.9 Å². The van der Waals surface area contributed by atoms with Gasteiger partial charge in [0.05, 0.1) is 12.9 Å².